The number of carbonyl (C=O) groups excluding carboxylic acids is 1. The van der Waals surface area contributed by atoms with E-state index in [-0.39, 0.29) is 17.7 Å². The summed E-state index contributed by atoms with van der Waals surface area (Å²) in [6.45, 7) is 4.75. The Morgan fingerprint density at radius 2 is 2.07 bits per heavy atom. The van der Waals surface area contributed by atoms with Gasteiger partial charge in [0, 0.05) is 12.7 Å². The van der Waals surface area contributed by atoms with Crippen molar-refractivity contribution in [3.05, 3.63) is 54.6 Å². The van der Waals surface area contributed by atoms with Gasteiger partial charge in [0.15, 0.2) is 11.0 Å². The minimum Gasteiger partial charge on any atom is -0.495 e. The van der Waals surface area contributed by atoms with Crippen molar-refractivity contribution in [2.45, 2.75) is 31.6 Å². The van der Waals surface area contributed by atoms with E-state index in [1.165, 1.54) is 11.8 Å². The van der Waals surface area contributed by atoms with Gasteiger partial charge in [-0.15, -0.1) is 10.2 Å². The molecule has 0 fully saturated rings. The zero-order valence-electron chi connectivity index (χ0n) is 16.6. The van der Waals surface area contributed by atoms with E-state index >= 15 is 0 Å². The Morgan fingerprint density at radius 1 is 1.24 bits per heavy atom. The smallest absolute Gasteiger partial charge is 0.234 e. The second-order valence-electron chi connectivity index (χ2n) is 6.23. The average Bonchev–Trinajstić information content (AvgIpc) is 3.16. The number of hydrogen-bond donors (Lipinski definition) is 2. The molecule has 0 radical (unpaired) electrons. The zero-order chi connectivity index (χ0) is 20.6. The number of carbonyl (C=O) groups is 1. The Labute approximate surface area is 174 Å². The van der Waals surface area contributed by atoms with Crippen LogP contribution in [0.5, 0.6) is 5.75 Å². The number of rotatable bonds is 9. The highest BCUT2D eigenvalue weighted by Gasteiger charge is 2.19. The lowest BCUT2D eigenvalue weighted by molar-refractivity contribution is -0.113. The number of nitrogens with zero attached hydrogens (tertiary/aromatic N) is 4. The SMILES string of the molecule is CCn1c(SCC(=O)Nc2cccnc2)nnc1C(C)Nc1ccccc1OC. The number of methoxy groups -OCH3 is 1. The van der Waals surface area contributed by atoms with Gasteiger partial charge in [0.05, 0.1) is 36.5 Å². The van der Waals surface area contributed by atoms with Crippen LogP contribution in [0.15, 0.2) is 53.9 Å². The Bertz CT molecular complexity index is 947. The van der Waals surface area contributed by atoms with Crippen molar-refractivity contribution >= 4 is 29.0 Å². The Kier molecular flexibility index (Phi) is 7.07. The van der Waals surface area contributed by atoms with Crippen molar-refractivity contribution < 1.29 is 9.53 Å². The Morgan fingerprint density at radius 3 is 2.79 bits per heavy atom. The minimum atomic E-state index is -0.115. The van der Waals surface area contributed by atoms with E-state index in [2.05, 4.69) is 25.8 Å². The molecular formula is C20H24N6O2S. The molecule has 152 valence electrons. The number of thioether (sulfide) groups is 1. The van der Waals surface area contributed by atoms with Crippen LogP contribution in [0.25, 0.3) is 0 Å². The maximum absolute atomic E-state index is 12.2. The monoisotopic (exact) mass is 412 g/mol. The lowest BCUT2D eigenvalue weighted by Gasteiger charge is -2.18. The molecule has 0 aliphatic carbocycles. The van der Waals surface area contributed by atoms with Gasteiger partial charge in [-0.25, -0.2) is 0 Å². The summed E-state index contributed by atoms with van der Waals surface area (Å²) in [7, 11) is 1.64. The summed E-state index contributed by atoms with van der Waals surface area (Å²) in [6, 6.07) is 11.2. The van der Waals surface area contributed by atoms with Crippen molar-refractivity contribution in [1.29, 1.82) is 0 Å². The third kappa shape index (κ3) is 5.26. The van der Waals surface area contributed by atoms with Gasteiger partial charge >= 0.3 is 0 Å². The maximum atomic E-state index is 12.2. The summed E-state index contributed by atoms with van der Waals surface area (Å²) in [6.07, 6.45) is 3.27. The van der Waals surface area contributed by atoms with E-state index in [9.17, 15) is 4.79 Å². The van der Waals surface area contributed by atoms with E-state index in [1.54, 1.807) is 31.6 Å². The lowest BCUT2D eigenvalue weighted by Crippen LogP contribution is -2.16. The molecule has 0 aliphatic heterocycles. The van der Waals surface area contributed by atoms with Crippen LogP contribution in [0.3, 0.4) is 0 Å². The molecule has 0 bridgehead atoms. The molecule has 3 aromatic rings. The van der Waals surface area contributed by atoms with Gasteiger partial charge in [0.2, 0.25) is 5.91 Å². The molecule has 3 rings (SSSR count). The number of benzene rings is 1. The minimum absolute atomic E-state index is 0.0858. The second-order valence-corrected chi connectivity index (χ2v) is 7.17. The quantitative estimate of drug-likeness (QED) is 0.519. The molecule has 0 spiro atoms. The van der Waals surface area contributed by atoms with Gasteiger partial charge in [0.1, 0.15) is 5.75 Å². The molecule has 1 unspecified atom stereocenters. The van der Waals surface area contributed by atoms with Gasteiger partial charge in [-0.2, -0.15) is 0 Å². The fourth-order valence-corrected chi connectivity index (χ4v) is 3.66. The van der Waals surface area contributed by atoms with Crippen molar-refractivity contribution in [3.8, 4) is 5.75 Å². The maximum Gasteiger partial charge on any atom is 0.234 e. The fourth-order valence-electron chi connectivity index (χ4n) is 2.85. The van der Waals surface area contributed by atoms with Crippen LogP contribution in [-0.4, -0.2) is 38.5 Å². The first kappa shape index (κ1) is 20.7. The Balaban J connectivity index is 1.65. The summed E-state index contributed by atoms with van der Waals surface area (Å²) in [4.78, 5) is 16.2. The van der Waals surface area contributed by atoms with Crippen molar-refractivity contribution in [2.24, 2.45) is 0 Å². The number of aromatic nitrogens is 4. The van der Waals surface area contributed by atoms with Crippen molar-refractivity contribution in [1.82, 2.24) is 19.7 Å². The first-order valence-corrected chi connectivity index (χ1v) is 10.3. The van der Waals surface area contributed by atoms with Gasteiger partial charge in [-0.1, -0.05) is 23.9 Å². The molecule has 1 aromatic carbocycles. The van der Waals surface area contributed by atoms with Crippen LogP contribution in [0.1, 0.15) is 25.7 Å². The molecule has 2 aromatic heterocycles. The molecule has 0 saturated carbocycles. The van der Waals surface area contributed by atoms with E-state index in [4.69, 9.17) is 4.74 Å². The predicted molar refractivity (Wildman–Crippen MR) is 114 cm³/mol. The first-order valence-electron chi connectivity index (χ1n) is 9.27. The number of para-hydroxylation sites is 2. The van der Waals surface area contributed by atoms with Crippen molar-refractivity contribution in [3.63, 3.8) is 0 Å². The largest absolute Gasteiger partial charge is 0.495 e. The number of nitrogens with one attached hydrogen (secondary N) is 2. The number of pyridine rings is 1. The molecule has 0 aliphatic rings. The molecule has 29 heavy (non-hydrogen) atoms. The van der Waals surface area contributed by atoms with Crippen LogP contribution >= 0.6 is 11.8 Å². The third-order valence-corrected chi connectivity index (χ3v) is 5.17. The second kappa shape index (κ2) is 9.92. The van der Waals surface area contributed by atoms with E-state index < -0.39 is 0 Å². The highest BCUT2D eigenvalue weighted by atomic mass is 32.2. The molecule has 8 nitrogen and oxygen atoms in total. The topological polar surface area (TPSA) is 94.0 Å². The first-order chi connectivity index (χ1) is 14.1. The molecular weight excluding hydrogens is 388 g/mol. The molecule has 2 N–H and O–H groups in total. The van der Waals surface area contributed by atoms with E-state index in [1.807, 2.05) is 42.7 Å². The summed E-state index contributed by atoms with van der Waals surface area (Å²) in [5.41, 5.74) is 1.56. The predicted octanol–water partition coefficient (Wildman–Crippen LogP) is 3.61. The summed E-state index contributed by atoms with van der Waals surface area (Å²) < 4.78 is 7.41. The van der Waals surface area contributed by atoms with Crippen LogP contribution in [0.2, 0.25) is 0 Å². The number of anilines is 2. The van der Waals surface area contributed by atoms with Crippen LogP contribution in [-0.2, 0) is 11.3 Å². The molecule has 1 amide bonds. The van der Waals surface area contributed by atoms with E-state index in [0.717, 1.165) is 17.3 Å². The lowest BCUT2D eigenvalue weighted by atomic mass is 10.2. The zero-order valence-corrected chi connectivity index (χ0v) is 17.4. The average molecular weight is 413 g/mol. The third-order valence-electron chi connectivity index (χ3n) is 4.21. The highest BCUT2D eigenvalue weighted by molar-refractivity contribution is 7.99. The van der Waals surface area contributed by atoms with Crippen LogP contribution < -0.4 is 15.4 Å². The van der Waals surface area contributed by atoms with Gasteiger partial charge in [-0.3, -0.25) is 9.78 Å². The molecule has 2 heterocycles. The number of amides is 1. The van der Waals surface area contributed by atoms with Gasteiger partial charge < -0.3 is 19.9 Å². The molecule has 9 heteroatoms. The van der Waals surface area contributed by atoms with Crippen molar-refractivity contribution in [2.75, 3.05) is 23.5 Å². The highest BCUT2D eigenvalue weighted by Crippen LogP contribution is 2.28. The fraction of sp³-hybridized carbons (Fsp3) is 0.300. The normalized spacial score (nSPS) is 11.7. The van der Waals surface area contributed by atoms with Crippen LogP contribution in [0, 0.1) is 0 Å². The van der Waals surface area contributed by atoms with E-state index in [0.29, 0.717) is 17.4 Å². The van der Waals surface area contributed by atoms with Gasteiger partial charge in [0.25, 0.3) is 0 Å². The van der Waals surface area contributed by atoms with Gasteiger partial charge in [-0.05, 0) is 38.1 Å². The Hall–Kier alpha value is -3.07. The number of ether oxygens (including phenoxy) is 1. The number of hydrogen-bond acceptors (Lipinski definition) is 7. The summed E-state index contributed by atoms with van der Waals surface area (Å²) >= 11 is 1.36. The molecule has 1 atom stereocenters. The summed E-state index contributed by atoms with van der Waals surface area (Å²) in [5.74, 6) is 1.69. The summed E-state index contributed by atoms with van der Waals surface area (Å²) in [5, 5.41) is 15.6. The van der Waals surface area contributed by atoms with Crippen LogP contribution in [0.4, 0.5) is 11.4 Å². The molecule has 0 saturated heterocycles. The standard InChI is InChI=1S/C20H24N6O2S/c1-4-26-19(14(2)22-16-9-5-6-10-17(16)28-3)24-25-20(26)29-13-18(27)23-15-8-7-11-21-12-15/h5-12,14,22H,4,13H2,1-3H3,(H,23,27).